The summed E-state index contributed by atoms with van der Waals surface area (Å²) in [5.74, 6) is 3.04. The zero-order valence-corrected chi connectivity index (χ0v) is 27.0. The maximum Gasteiger partial charge on any atom is 0.241 e. The summed E-state index contributed by atoms with van der Waals surface area (Å²) >= 11 is 0. The predicted octanol–water partition coefficient (Wildman–Crippen LogP) is 7.26. The summed E-state index contributed by atoms with van der Waals surface area (Å²) in [4.78, 5) is 12.0. The Balaban J connectivity index is 1.38. The van der Waals surface area contributed by atoms with E-state index in [1.807, 2.05) is 37.2 Å². The fourth-order valence-electron chi connectivity index (χ4n) is 5.85. The Morgan fingerprint density at radius 3 is 1.93 bits per heavy atom. The Bertz CT molecular complexity index is 1410. The lowest BCUT2D eigenvalue weighted by Gasteiger charge is -2.29. The van der Waals surface area contributed by atoms with Crippen molar-refractivity contribution in [1.82, 2.24) is 14.7 Å². The highest BCUT2D eigenvalue weighted by atomic mass is 32.2. The van der Waals surface area contributed by atoms with Gasteiger partial charge in [-0.05, 0) is 84.1 Å². The molecule has 0 atom stereocenters. The van der Waals surface area contributed by atoms with E-state index in [1.54, 1.807) is 0 Å². The van der Waals surface area contributed by atoms with Crippen molar-refractivity contribution in [3.05, 3.63) is 53.1 Å². The highest BCUT2D eigenvalue weighted by Gasteiger charge is 2.29. The van der Waals surface area contributed by atoms with E-state index in [9.17, 15) is 8.42 Å². The predicted molar refractivity (Wildman–Crippen MR) is 172 cm³/mol. The molecule has 1 aliphatic carbocycles. The molecule has 1 heterocycles. The Morgan fingerprint density at radius 2 is 1.39 bits per heavy atom. The maximum absolute atomic E-state index is 13.8. The fourth-order valence-corrected chi connectivity index (χ4v) is 7.66. The van der Waals surface area contributed by atoms with Crippen LogP contribution < -0.4 is 14.9 Å². The van der Waals surface area contributed by atoms with Crippen molar-refractivity contribution < 1.29 is 8.42 Å². The van der Waals surface area contributed by atoms with Crippen LogP contribution >= 0.6 is 0 Å². The molecule has 224 valence electrons. The second-order valence-corrected chi connectivity index (χ2v) is 14.6. The van der Waals surface area contributed by atoms with Gasteiger partial charge < -0.3 is 10.2 Å². The van der Waals surface area contributed by atoms with Crippen molar-refractivity contribution in [2.75, 3.05) is 37.4 Å². The number of hydrogen-bond acceptors (Lipinski definition) is 6. The van der Waals surface area contributed by atoms with Gasteiger partial charge in [0, 0.05) is 32.6 Å². The molecule has 0 bridgehead atoms. The van der Waals surface area contributed by atoms with Gasteiger partial charge in [0.25, 0.3) is 0 Å². The summed E-state index contributed by atoms with van der Waals surface area (Å²) in [7, 11) is 0.379. The van der Waals surface area contributed by atoms with Crippen molar-refractivity contribution in [2.45, 2.75) is 89.9 Å². The molecule has 3 aromatic rings. The molecular weight excluding hydrogens is 530 g/mol. The third-order valence-electron chi connectivity index (χ3n) is 8.43. The monoisotopic (exact) mass is 579 g/mol. The minimum atomic E-state index is -3.63. The number of sulfonamides is 1. The maximum atomic E-state index is 13.8. The molecule has 1 aromatic heterocycles. The standard InChI is InChI=1S/C33H49N5O2S/c1-21(2)26-17-28(22(3)4)31(29(18-26)23(5)6)41(39,40)35-20-25-15-13-24(14-16-25)19-34-33-36-30-12-10-9-11-27(30)32(37-33)38(7)8/h9-12,17-18,21-25,35H,13-16,19-20H2,1-8H3,(H,34,36,37)/t24-,25-. The number of nitrogens with zero attached hydrogens (tertiary/aromatic N) is 3. The molecule has 0 aliphatic heterocycles. The van der Waals surface area contributed by atoms with E-state index >= 15 is 0 Å². The van der Waals surface area contributed by atoms with Gasteiger partial charge in [-0.25, -0.2) is 18.1 Å². The molecule has 7 nitrogen and oxygen atoms in total. The molecule has 2 aromatic carbocycles. The van der Waals surface area contributed by atoms with Gasteiger partial charge in [0.15, 0.2) is 0 Å². The molecule has 41 heavy (non-hydrogen) atoms. The normalized spacial score (nSPS) is 18.0. The fraction of sp³-hybridized carbons (Fsp3) is 0.576. The van der Waals surface area contributed by atoms with Gasteiger partial charge in [0.2, 0.25) is 16.0 Å². The van der Waals surface area contributed by atoms with Crippen LogP contribution in [0.1, 0.15) is 102 Å². The average Bonchev–Trinajstić information content (AvgIpc) is 2.94. The van der Waals surface area contributed by atoms with Gasteiger partial charge in [-0.3, -0.25) is 0 Å². The molecule has 0 spiro atoms. The molecule has 2 N–H and O–H groups in total. The zero-order valence-electron chi connectivity index (χ0n) is 26.2. The van der Waals surface area contributed by atoms with Crippen LogP contribution in [-0.4, -0.2) is 45.6 Å². The second-order valence-electron chi connectivity index (χ2n) is 12.9. The number of para-hydroxylation sites is 1. The average molecular weight is 580 g/mol. The first-order valence-corrected chi connectivity index (χ1v) is 16.7. The van der Waals surface area contributed by atoms with Gasteiger partial charge in [-0.1, -0.05) is 65.8 Å². The lowest BCUT2D eigenvalue weighted by atomic mass is 9.82. The first kappa shape index (κ1) is 31.2. The molecular formula is C33H49N5O2S. The van der Waals surface area contributed by atoms with Crippen LogP contribution in [0, 0.1) is 11.8 Å². The van der Waals surface area contributed by atoms with Crippen LogP contribution in [0.25, 0.3) is 10.9 Å². The quantitative estimate of drug-likeness (QED) is 0.249. The first-order valence-electron chi connectivity index (χ1n) is 15.2. The first-order chi connectivity index (χ1) is 19.4. The third-order valence-corrected chi connectivity index (χ3v) is 9.99. The lowest BCUT2D eigenvalue weighted by molar-refractivity contribution is 0.284. The van der Waals surface area contributed by atoms with E-state index in [-0.39, 0.29) is 11.8 Å². The van der Waals surface area contributed by atoms with Gasteiger partial charge in [-0.2, -0.15) is 4.98 Å². The Kier molecular flexibility index (Phi) is 9.96. The number of nitrogens with one attached hydrogen (secondary N) is 2. The Morgan fingerprint density at radius 1 is 0.829 bits per heavy atom. The smallest absolute Gasteiger partial charge is 0.241 e. The zero-order chi connectivity index (χ0) is 29.9. The molecule has 8 heteroatoms. The van der Waals surface area contributed by atoms with Crippen molar-refractivity contribution in [2.24, 2.45) is 11.8 Å². The molecule has 0 saturated heterocycles. The summed E-state index contributed by atoms with van der Waals surface area (Å²) in [6.45, 7) is 14.0. The number of rotatable bonds is 11. The number of anilines is 2. The highest BCUT2D eigenvalue weighted by molar-refractivity contribution is 7.89. The minimum Gasteiger partial charge on any atom is -0.362 e. The molecule has 4 rings (SSSR count). The van der Waals surface area contributed by atoms with E-state index in [4.69, 9.17) is 9.97 Å². The lowest BCUT2D eigenvalue weighted by Crippen LogP contribution is -2.33. The number of benzene rings is 2. The SMILES string of the molecule is CC(C)c1cc(C(C)C)c(S(=O)(=O)NC[C@H]2CC[C@H](CNc3nc(N(C)C)c4ccccc4n3)CC2)c(C(C)C)c1. The Hall–Kier alpha value is -2.71. The van der Waals surface area contributed by atoms with Crippen molar-refractivity contribution in [3.63, 3.8) is 0 Å². The summed E-state index contributed by atoms with van der Waals surface area (Å²) in [6, 6.07) is 12.3. The minimum absolute atomic E-state index is 0.126. The van der Waals surface area contributed by atoms with Gasteiger partial charge >= 0.3 is 0 Å². The largest absolute Gasteiger partial charge is 0.362 e. The van der Waals surface area contributed by atoms with Crippen LogP contribution in [0.5, 0.6) is 0 Å². The molecule has 0 amide bonds. The van der Waals surface area contributed by atoms with Crippen LogP contribution in [0.3, 0.4) is 0 Å². The number of hydrogen-bond donors (Lipinski definition) is 2. The molecule has 0 radical (unpaired) electrons. The van der Waals surface area contributed by atoms with Crippen LogP contribution in [-0.2, 0) is 10.0 Å². The molecule has 1 aliphatic rings. The van der Waals surface area contributed by atoms with E-state index in [0.717, 1.165) is 60.1 Å². The second kappa shape index (κ2) is 13.1. The van der Waals surface area contributed by atoms with Crippen molar-refractivity contribution >= 4 is 32.7 Å². The van der Waals surface area contributed by atoms with E-state index in [1.165, 1.54) is 5.56 Å². The van der Waals surface area contributed by atoms with E-state index < -0.39 is 10.0 Å². The highest BCUT2D eigenvalue weighted by Crippen LogP contribution is 2.36. The van der Waals surface area contributed by atoms with E-state index in [0.29, 0.717) is 35.1 Å². The van der Waals surface area contributed by atoms with Gasteiger partial charge in [0.05, 0.1) is 10.4 Å². The summed E-state index contributed by atoms with van der Waals surface area (Å²) in [5.41, 5.74) is 3.99. The van der Waals surface area contributed by atoms with Gasteiger partial charge in [-0.15, -0.1) is 0 Å². The summed E-state index contributed by atoms with van der Waals surface area (Å²) < 4.78 is 30.5. The third kappa shape index (κ3) is 7.39. The van der Waals surface area contributed by atoms with Crippen LogP contribution in [0.2, 0.25) is 0 Å². The van der Waals surface area contributed by atoms with E-state index in [2.05, 4.69) is 69.8 Å². The number of aromatic nitrogens is 2. The van der Waals surface area contributed by atoms with Crippen molar-refractivity contribution in [3.8, 4) is 0 Å². The topological polar surface area (TPSA) is 87.2 Å². The summed E-state index contributed by atoms with van der Waals surface area (Å²) in [5, 5.41) is 4.52. The van der Waals surface area contributed by atoms with Gasteiger partial charge in [0.1, 0.15) is 5.82 Å². The molecule has 1 saturated carbocycles. The van der Waals surface area contributed by atoms with Crippen LogP contribution in [0.15, 0.2) is 41.3 Å². The molecule has 0 unspecified atom stereocenters. The molecule has 1 fully saturated rings. The Labute approximate surface area is 247 Å². The number of fused-ring (bicyclic) bond motifs is 1. The van der Waals surface area contributed by atoms with Crippen molar-refractivity contribution in [1.29, 1.82) is 0 Å². The van der Waals surface area contributed by atoms with Crippen LogP contribution in [0.4, 0.5) is 11.8 Å². The summed E-state index contributed by atoms with van der Waals surface area (Å²) in [6.07, 6.45) is 4.14.